The third-order valence-electron chi connectivity index (χ3n) is 4.92. The summed E-state index contributed by atoms with van der Waals surface area (Å²) in [5.41, 5.74) is 1.98. The largest absolute Gasteiger partial charge is 0.375 e. The van der Waals surface area contributed by atoms with Gasteiger partial charge in [-0.25, -0.2) is 4.39 Å². The molecule has 0 saturated carbocycles. The van der Waals surface area contributed by atoms with Gasteiger partial charge in [0.2, 0.25) is 5.91 Å². The first kappa shape index (κ1) is 20.0. The minimum atomic E-state index is -0.364. The van der Waals surface area contributed by atoms with Crippen LogP contribution in [0.25, 0.3) is 0 Å². The van der Waals surface area contributed by atoms with Gasteiger partial charge in [0.25, 0.3) is 5.91 Å². The second-order valence-electron chi connectivity index (χ2n) is 7.01. The Labute approximate surface area is 164 Å². The Kier molecular flexibility index (Phi) is 6.41. The summed E-state index contributed by atoms with van der Waals surface area (Å²) in [7, 11) is 0. The van der Waals surface area contributed by atoms with Crippen molar-refractivity contribution in [2.45, 2.75) is 32.3 Å². The van der Waals surface area contributed by atoms with Crippen LogP contribution in [-0.4, -0.2) is 42.5 Å². The zero-order chi connectivity index (χ0) is 20.1. The molecule has 0 spiro atoms. The third kappa shape index (κ3) is 4.75. The molecular weight excluding hydrogens is 359 g/mol. The van der Waals surface area contributed by atoms with Crippen molar-refractivity contribution in [1.82, 2.24) is 4.90 Å². The molecular formula is C22H25FN2O3. The maximum absolute atomic E-state index is 13.1. The fourth-order valence-corrected chi connectivity index (χ4v) is 3.38. The molecule has 2 atom stereocenters. The molecule has 0 radical (unpaired) electrons. The fraction of sp³-hybridized carbons (Fsp3) is 0.364. The van der Waals surface area contributed by atoms with Crippen LogP contribution >= 0.6 is 0 Å². The van der Waals surface area contributed by atoms with Crippen LogP contribution in [0, 0.1) is 5.82 Å². The summed E-state index contributed by atoms with van der Waals surface area (Å²) in [4.78, 5) is 27.0. The lowest BCUT2D eigenvalue weighted by Gasteiger charge is -2.31. The Morgan fingerprint density at radius 3 is 2.46 bits per heavy atom. The van der Waals surface area contributed by atoms with E-state index in [1.54, 1.807) is 41.3 Å². The molecule has 3 rings (SSSR count). The van der Waals surface area contributed by atoms with Crippen molar-refractivity contribution >= 4 is 17.5 Å². The monoisotopic (exact) mass is 384 g/mol. The number of hydrogen-bond donors (Lipinski definition) is 1. The quantitative estimate of drug-likeness (QED) is 0.853. The van der Waals surface area contributed by atoms with Gasteiger partial charge < -0.3 is 15.0 Å². The lowest BCUT2D eigenvalue weighted by atomic mass is 9.95. The Balaban J connectivity index is 1.65. The molecule has 1 aliphatic heterocycles. The van der Waals surface area contributed by atoms with E-state index in [1.807, 2.05) is 13.8 Å². The summed E-state index contributed by atoms with van der Waals surface area (Å²) in [6, 6.07) is 12.9. The molecule has 6 heteroatoms. The molecule has 2 aromatic rings. The number of amides is 2. The number of ether oxygens (including phenoxy) is 1. The predicted octanol–water partition coefficient (Wildman–Crippen LogP) is 3.82. The van der Waals surface area contributed by atoms with Crippen LogP contribution in [0.5, 0.6) is 0 Å². The van der Waals surface area contributed by atoms with E-state index in [1.165, 1.54) is 12.1 Å². The molecule has 1 heterocycles. The van der Waals surface area contributed by atoms with Crippen LogP contribution in [0.4, 0.5) is 10.1 Å². The fourth-order valence-electron chi connectivity index (χ4n) is 3.38. The minimum Gasteiger partial charge on any atom is -0.375 e. The Morgan fingerprint density at radius 1 is 1.18 bits per heavy atom. The molecule has 28 heavy (non-hydrogen) atoms. The number of rotatable bonds is 5. The number of carbonyl (C=O) groups excluding carboxylic acids is 2. The van der Waals surface area contributed by atoms with Gasteiger partial charge in [-0.2, -0.15) is 0 Å². The molecule has 2 aromatic carbocycles. The highest BCUT2D eigenvalue weighted by Crippen LogP contribution is 2.22. The van der Waals surface area contributed by atoms with Crippen LogP contribution in [0.2, 0.25) is 0 Å². The normalized spacial score (nSPS) is 17.8. The van der Waals surface area contributed by atoms with E-state index in [4.69, 9.17) is 4.74 Å². The first-order valence-corrected chi connectivity index (χ1v) is 9.55. The summed E-state index contributed by atoms with van der Waals surface area (Å²) >= 11 is 0. The van der Waals surface area contributed by atoms with Gasteiger partial charge in [0.05, 0.1) is 18.6 Å². The Hall–Kier alpha value is -2.73. The lowest BCUT2D eigenvalue weighted by Crippen LogP contribution is -2.44. The number of nitrogens with zero attached hydrogens (tertiary/aromatic N) is 1. The number of morpholine rings is 1. The molecule has 1 N–H and O–H groups in total. The van der Waals surface area contributed by atoms with Crippen LogP contribution in [-0.2, 0) is 9.53 Å². The predicted molar refractivity (Wildman–Crippen MR) is 106 cm³/mol. The minimum absolute atomic E-state index is 0.0358. The van der Waals surface area contributed by atoms with E-state index in [0.717, 1.165) is 5.56 Å². The molecule has 0 aliphatic carbocycles. The Morgan fingerprint density at radius 2 is 1.86 bits per heavy atom. The maximum atomic E-state index is 13.1. The van der Waals surface area contributed by atoms with Gasteiger partial charge in [-0.3, -0.25) is 9.59 Å². The first-order valence-electron chi connectivity index (χ1n) is 9.55. The van der Waals surface area contributed by atoms with Crippen molar-refractivity contribution in [2.75, 3.05) is 25.0 Å². The highest BCUT2D eigenvalue weighted by atomic mass is 19.1. The van der Waals surface area contributed by atoms with Crippen molar-refractivity contribution in [3.8, 4) is 0 Å². The van der Waals surface area contributed by atoms with E-state index < -0.39 is 0 Å². The van der Waals surface area contributed by atoms with Gasteiger partial charge >= 0.3 is 0 Å². The molecule has 1 fully saturated rings. The van der Waals surface area contributed by atoms with E-state index in [9.17, 15) is 14.0 Å². The molecule has 1 aliphatic rings. The van der Waals surface area contributed by atoms with Gasteiger partial charge in [-0.05, 0) is 55.3 Å². The maximum Gasteiger partial charge on any atom is 0.254 e. The standard InChI is InChI=1S/C22H25FN2O3/c1-3-20(16-4-8-18(23)9-5-16)21(26)24-19-10-6-17(7-11-19)22(27)25-12-13-28-15(2)14-25/h4-11,15,20H,3,12-14H2,1-2H3,(H,24,26). The van der Waals surface area contributed by atoms with Gasteiger partial charge in [0, 0.05) is 24.3 Å². The lowest BCUT2D eigenvalue weighted by molar-refractivity contribution is -0.117. The average Bonchev–Trinajstić information content (AvgIpc) is 2.70. The molecule has 2 unspecified atom stereocenters. The summed E-state index contributed by atoms with van der Waals surface area (Å²) in [6.07, 6.45) is 0.636. The molecule has 5 nitrogen and oxygen atoms in total. The third-order valence-corrected chi connectivity index (χ3v) is 4.92. The van der Waals surface area contributed by atoms with Crippen molar-refractivity contribution in [3.05, 3.63) is 65.5 Å². The van der Waals surface area contributed by atoms with Gasteiger partial charge in [0.1, 0.15) is 5.82 Å². The van der Waals surface area contributed by atoms with E-state index in [2.05, 4.69) is 5.32 Å². The van der Waals surface area contributed by atoms with E-state index in [0.29, 0.717) is 37.4 Å². The second kappa shape index (κ2) is 8.97. The van der Waals surface area contributed by atoms with Crippen LogP contribution in [0.3, 0.4) is 0 Å². The van der Waals surface area contributed by atoms with Crippen molar-refractivity contribution in [3.63, 3.8) is 0 Å². The summed E-state index contributed by atoms with van der Waals surface area (Å²) in [6.45, 7) is 5.57. The molecule has 1 saturated heterocycles. The number of anilines is 1. The number of hydrogen-bond acceptors (Lipinski definition) is 3. The second-order valence-corrected chi connectivity index (χ2v) is 7.01. The molecule has 2 amide bonds. The topological polar surface area (TPSA) is 58.6 Å². The SMILES string of the molecule is CCC(C(=O)Nc1ccc(C(=O)N2CCOC(C)C2)cc1)c1ccc(F)cc1. The van der Waals surface area contributed by atoms with Gasteiger partial charge in [-0.15, -0.1) is 0 Å². The van der Waals surface area contributed by atoms with Crippen LogP contribution in [0.1, 0.15) is 42.1 Å². The van der Waals surface area contributed by atoms with Crippen LogP contribution < -0.4 is 5.32 Å². The first-order chi connectivity index (χ1) is 13.5. The summed E-state index contributed by atoms with van der Waals surface area (Å²) in [5.74, 6) is -0.883. The van der Waals surface area contributed by atoms with Crippen molar-refractivity contribution in [2.24, 2.45) is 0 Å². The molecule has 148 valence electrons. The van der Waals surface area contributed by atoms with Crippen LogP contribution in [0.15, 0.2) is 48.5 Å². The average molecular weight is 384 g/mol. The number of benzene rings is 2. The summed E-state index contributed by atoms with van der Waals surface area (Å²) in [5, 5.41) is 2.88. The number of halogens is 1. The molecule has 0 aromatic heterocycles. The number of nitrogens with one attached hydrogen (secondary N) is 1. The van der Waals surface area contributed by atoms with Gasteiger partial charge in [0.15, 0.2) is 0 Å². The number of carbonyl (C=O) groups is 2. The smallest absolute Gasteiger partial charge is 0.254 e. The highest BCUT2D eigenvalue weighted by molar-refractivity contribution is 5.97. The Bertz CT molecular complexity index is 821. The molecule has 0 bridgehead atoms. The van der Waals surface area contributed by atoms with Gasteiger partial charge in [-0.1, -0.05) is 19.1 Å². The summed E-state index contributed by atoms with van der Waals surface area (Å²) < 4.78 is 18.6. The van der Waals surface area contributed by atoms with E-state index >= 15 is 0 Å². The highest BCUT2D eigenvalue weighted by Gasteiger charge is 2.23. The zero-order valence-electron chi connectivity index (χ0n) is 16.2. The van der Waals surface area contributed by atoms with Crippen molar-refractivity contribution in [1.29, 1.82) is 0 Å². The van der Waals surface area contributed by atoms with E-state index in [-0.39, 0.29) is 29.7 Å². The van der Waals surface area contributed by atoms with Crippen molar-refractivity contribution < 1.29 is 18.7 Å². The zero-order valence-corrected chi connectivity index (χ0v) is 16.2.